The van der Waals surface area contributed by atoms with Gasteiger partial charge in [0.15, 0.2) is 0 Å². The summed E-state index contributed by atoms with van der Waals surface area (Å²) in [6, 6.07) is 20.3. The molecular formula is C34H28N2O4S2. The standard InChI is InChI=1S/C34H28N2O4S2/c1-19-10-6-7-13-23(19)27-25-15-9-8-14-24(25)20(2)26-28(27)29(39-18-37)31-32(42-34(41-31)22(16-35)17-36)30(26)40-33(38)21-11-4-3-5-12-21/h6-10,13-15,18,20-21,27H,3-5,11-12H2,1-2H3. The van der Waals surface area contributed by atoms with E-state index in [1.165, 1.54) is 23.5 Å². The summed E-state index contributed by atoms with van der Waals surface area (Å²) in [5, 5.41) is 19.4. The van der Waals surface area contributed by atoms with Gasteiger partial charge in [0, 0.05) is 23.0 Å². The van der Waals surface area contributed by atoms with Gasteiger partial charge in [-0.05, 0) is 42.0 Å². The summed E-state index contributed by atoms with van der Waals surface area (Å²) in [7, 11) is 0. The molecule has 0 aromatic heterocycles. The number of nitriles is 2. The first kappa shape index (κ1) is 28.2. The van der Waals surface area contributed by atoms with E-state index in [9.17, 15) is 20.1 Å². The van der Waals surface area contributed by atoms with E-state index in [2.05, 4.69) is 38.1 Å². The Labute approximate surface area is 253 Å². The largest absolute Gasteiger partial charge is 0.427 e. The second-order valence-corrected chi connectivity index (χ2v) is 13.1. The number of hydrogen-bond donors (Lipinski definition) is 0. The number of allylic oxidation sites excluding steroid dienone is 1. The first-order valence-corrected chi connectivity index (χ1v) is 15.7. The molecule has 3 aliphatic rings. The van der Waals surface area contributed by atoms with Crippen molar-refractivity contribution >= 4 is 36.0 Å². The number of rotatable bonds is 5. The van der Waals surface area contributed by atoms with E-state index in [0.29, 0.717) is 32.0 Å². The van der Waals surface area contributed by atoms with Crippen molar-refractivity contribution < 1.29 is 19.1 Å². The van der Waals surface area contributed by atoms with Crippen LogP contribution >= 0.6 is 23.5 Å². The zero-order valence-electron chi connectivity index (χ0n) is 23.3. The summed E-state index contributed by atoms with van der Waals surface area (Å²) >= 11 is 2.45. The first-order chi connectivity index (χ1) is 20.5. The zero-order valence-corrected chi connectivity index (χ0v) is 24.9. The van der Waals surface area contributed by atoms with Gasteiger partial charge >= 0.3 is 5.97 Å². The topological polar surface area (TPSA) is 100 Å². The Bertz CT molecular complexity index is 1710. The quantitative estimate of drug-likeness (QED) is 0.127. The molecule has 6 rings (SSSR count). The van der Waals surface area contributed by atoms with Crippen LogP contribution in [0, 0.1) is 35.5 Å². The maximum atomic E-state index is 13.7. The lowest BCUT2D eigenvalue weighted by Gasteiger charge is -2.36. The first-order valence-electron chi connectivity index (χ1n) is 14.1. The van der Waals surface area contributed by atoms with Crippen LogP contribution in [0.5, 0.6) is 11.5 Å². The molecule has 8 heteroatoms. The number of carbonyl (C=O) groups excluding carboxylic acids is 2. The summed E-state index contributed by atoms with van der Waals surface area (Å²) in [5.74, 6) is -0.106. The van der Waals surface area contributed by atoms with Crippen molar-refractivity contribution in [3.63, 3.8) is 0 Å². The van der Waals surface area contributed by atoms with Crippen LogP contribution in [-0.2, 0) is 9.59 Å². The van der Waals surface area contributed by atoms with Crippen LogP contribution in [0.2, 0.25) is 0 Å². The average Bonchev–Trinajstić information content (AvgIpc) is 3.46. The monoisotopic (exact) mass is 592 g/mol. The summed E-state index contributed by atoms with van der Waals surface area (Å²) in [4.78, 5) is 26.9. The SMILES string of the molecule is Cc1ccccc1C1c2ccccc2C(C)c2c(OC(=O)C3CCCCC3)c3c(c(OC=O)c21)SC(=C(C#N)C#N)S3. The van der Waals surface area contributed by atoms with Gasteiger partial charge in [0.1, 0.15) is 29.2 Å². The molecule has 1 heterocycles. The molecule has 0 saturated heterocycles. The Morgan fingerprint density at radius 2 is 1.50 bits per heavy atom. The fraction of sp³-hybridized carbons (Fsp3) is 0.294. The number of aryl methyl sites for hydroxylation is 1. The summed E-state index contributed by atoms with van der Waals surface area (Å²) < 4.78 is 12.7. The molecule has 2 aliphatic carbocycles. The number of carbonyl (C=O) groups is 2. The maximum Gasteiger partial charge on any atom is 0.314 e. The maximum absolute atomic E-state index is 13.7. The van der Waals surface area contributed by atoms with Crippen molar-refractivity contribution in [2.75, 3.05) is 0 Å². The van der Waals surface area contributed by atoms with E-state index in [4.69, 9.17) is 9.47 Å². The molecule has 1 saturated carbocycles. The van der Waals surface area contributed by atoms with Crippen LogP contribution in [0.1, 0.15) is 84.2 Å². The Morgan fingerprint density at radius 3 is 2.14 bits per heavy atom. The Morgan fingerprint density at radius 1 is 0.881 bits per heavy atom. The van der Waals surface area contributed by atoms with Crippen LogP contribution in [0.4, 0.5) is 0 Å². The molecule has 0 bridgehead atoms. The number of thioether (sulfide) groups is 2. The Kier molecular flexibility index (Phi) is 7.86. The van der Waals surface area contributed by atoms with Crippen molar-refractivity contribution in [1.29, 1.82) is 10.5 Å². The van der Waals surface area contributed by atoms with Gasteiger partial charge in [-0.15, -0.1) is 0 Å². The lowest BCUT2D eigenvalue weighted by atomic mass is 9.69. The second kappa shape index (κ2) is 11.7. The predicted octanol–water partition coefficient (Wildman–Crippen LogP) is 8.12. The molecule has 2 atom stereocenters. The predicted molar refractivity (Wildman–Crippen MR) is 161 cm³/mol. The Hall–Kier alpha value is -3.98. The van der Waals surface area contributed by atoms with Gasteiger partial charge < -0.3 is 9.47 Å². The summed E-state index contributed by atoms with van der Waals surface area (Å²) in [6.07, 6.45) is 4.68. The third-order valence-electron chi connectivity index (χ3n) is 8.52. The highest BCUT2D eigenvalue weighted by atomic mass is 32.2. The van der Waals surface area contributed by atoms with E-state index in [1.807, 2.05) is 36.4 Å². The van der Waals surface area contributed by atoms with Gasteiger partial charge in [-0.25, -0.2) is 0 Å². The number of esters is 1. The third kappa shape index (κ3) is 4.69. The molecule has 6 nitrogen and oxygen atoms in total. The number of benzene rings is 3. The molecule has 0 N–H and O–H groups in total. The minimum Gasteiger partial charge on any atom is -0.427 e. The van der Waals surface area contributed by atoms with E-state index >= 15 is 0 Å². The minimum absolute atomic E-state index is 0.0347. The van der Waals surface area contributed by atoms with Crippen LogP contribution in [0.15, 0.2) is 68.1 Å². The molecule has 210 valence electrons. The van der Waals surface area contributed by atoms with Gasteiger partial charge in [-0.2, -0.15) is 10.5 Å². The summed E-state index contributed by atoms with van der Waals surface area (Å²) in [6.45, 7) is 4.57. The van der Waals surface area contributed by atoms with Gasteiger partial charge in [0.2, 0.25) is 0 Å². The van der Waals surface area contributed by atoms with Crippen LogP contribution in [-0.4, -0.2) is 12.4 Å². The molecule has 0 amide bonds. The normalized spacial score (nSPS) is 19.0. The van der Waals surface area contributed by atoms with Crippen LogP contribution < -0.4 is 9.47 Å². The van der Waals surface area contributed by atoms with Crippen molar-refractivity contribution in [3.8, 4) is 23.6 Å². The third-order valence-corrected chi connectivity index (χ3v) is 11.1. The average molecular weight is 593 g/mol. The molecule has 0 radical (unpaired) electrons. The molecular weight excluding hydrogens is 565 g/mol. The molecule has 3 aromatic carbocycles. The zero-order chi connectivity index (χ0) is 29.4. The molecule has 42 heavy (non-hydrogen) atoms. The number of fused-ring (bicyclic) bond motifs is 3. The fourth-order valence-electron chi connectivity index (χ4n) is 6.52. The van der Waals surface area contributed by atoms with Gasteiger partial charge in [-0.1, -0.05) is 98.2 Å². The van der Waals surface area contributed by atoms with Crippen molar-refractivity contribution in [3.05, 3.63) is 91.7 Å². The summed E-state index contributed by atoms with van der Waals surface area (Å²) in [5.41, 5.74) is 5.87. The second-order valence-electron chi connectivity index (χ2n) is 10.8. The minimum atomic E-state index is -0.300. The van der Waals surface area contributed by atoms with Gasteiger partial charge in [-0.3, -0.25) is 9.59 Å². The smallest absolute Gasteiger partial charge is 0.314 e. The highest BCUT2D eigenvalue weighted by Gasteiger charge is 2.43. The molecule has 1 aliphatic heterocycles. The van der Waals surface area contributed by atoms with Crippen molar-refractivity contribution in [2.45, 2.75) is 67.6 Å². The van der Waals surface area contributed by atoms with E-state index < -0.39 is 0 Å². The fourth-order valence-corrected chi connectivity index (χ4v) is 9.06. The lowest BCUT2D eigenvalue weighted by Crippen LogP contribution is -2.26. The molecule has 0 spiro atoms. The highest BCUT2D eigenvalue weighted by molar-refractivity contribution is 8.24. The van der Waals surface area contributed by atoms with Crippen molar-refractivity contribution in [2.24, 2.45) is 5.92 Å². The van der Waals surface area contributed by atoms with E-state index in [0.717, 1.165) is 65.5 Å². The van der Waals surface area contributed by atoms with Gasteiger partial charge in [0.05, 0.1) is 19.9 Å². The number of nitrogens with zero attached hydrogens (tertiary/aromatic N) is 2. The van der Waals surface area contributed by atoms with Crippen LogP contribution in [0.3, 0.4) is 0 Å². The lowest BCUT2D eigenvalue weighted by molar-refractivity contribution is -0.140. The number of ether oxygens (including phenoxy) is 2. The number of hydrogen-bond acceptors (Lipinski definition) is 8. The molecule has 2 unspecified atom stereocenters. The molecule has 3 aromatic rings. The van der Waals surface area contributed by atoms with Crippen LogP contribution in [0.25, 0.3) is 0 Å². The van der Waals surface area contributed by atoms with E-state index in [-0.39, 0.29) is 29.3 Å². The van der Waals surface area contributed by atoms with Gasteiger partial charge in [0.25, 0.3) is 6.47 Å². The molecule has 1 fully saturated rings. The Balaban J connectivity index is 1.68. The van der Waals surface area contributed by atoms with E-state index in [1.54, 1.807) is 0 Å². The van der Waals surface area contributed by atoms with Crippen molar-refractivity contribution in [1.82, 2.24) is 0 Å². The highest BCUT2D eigenvalue weighted by Crippen LogP contribution is 2.65.